The smallest absolute Gasteiger partial charge is 0.0244 e. The van der Waals surface area contributed by atoms with Crippen LogP contribution in [0.2, 0.25) is 0 Å². The van der Waals surface area contributed by atoms with Gasteiger partial charge in [0.2, 0.25) is 0 Å². The molecular weight excluding hydrogens is 324 g/mol. The van der Waals surface area contributed by atoms with E-state index in [1.54, 1.807) is 0 Å². The molecule has 0 aliphatic heterocycles. The van der Waals surface area contributed by atoms with Crippen molar-refractivity contribution < 1.29 is 0 Å². The van der Waals surface area contributed by atoms with Crippen molar-refractivity contribution in [3.05, 3.63) is 33.8 Å². The van der Waals surface area contributed by atoms with Crippen LogP contribution in [0.15, 0.2) is 22.7 Å². The molecule has 0 unspecified atom stereocenters. The second-order valence-electron chi connectivity index (χ2n) is 5.72. The van der Waals surface area contributed by atoms with E-state index in [0.717, 1.165) is 32.1 Å². The standard InChI is InChI=1S/C18H31BrN2/c1-5-15(6-2)13-21(8-4)14-17-10-9-16(11-18(17)19)12-20-7-3/h9-11,15,20H,5-8,12-14H2,1-4H3. The minimum Gasteiger partial charge on any atom is -0.313 e. The zero-order valence-corrected chi connectivity index (χ0v) is 15.7. The van der Waals surface area contributed by atoms with Crippen molar-refractivity contribution in [3.63, 3.8) is 0 Å². The number of benzene rings is 1. The fourth-order valence-corrected chi connectivity index (χ4v) is 3.11. The Kier molecular flexibility index (Phi) is 9.21. The molecule has 1 aromatic carbocycles. The van der Waals surface area contributed by atoms with Crippen molar-refractivity contribution in [3.8, 4) is 0 Å². The first-order chi connectivity index (χ1) is 10.1. The van der Waals surface area contributed by atoms with Crippen LogP contribution in [0.3, 0.4) is 0 Å². The van der Waals surface area contributed by atoms with Gasteiger partial charge in [-0.15, -0.1) is 0 Å². The number of nitrogens with one attached hydrogen (secondary N) is 1. The molecule has 0 radical (unpaired) electrons. The Labute approximate surface area is 139 Å². The van der Waals surface area contributed by atoms with Gasteiger partial charge < -0.3 is 5.32 Å². The van der Waals surface area contributed by atoms with Gasteiger partial charge in [0.25, 0.3) is 0 Å². The summed E-state index contributed by atoms with van der Waals surface area (Å²) in [5.74, 6) is 0.816. The van der Waals surface area contributed by atoms with Gasteiger partial charge in [0, 0.05) is 24.1 Å². The van der Waals surface area contributed by atoms with Crippen molar-refractivity contribution in [2.24, 2.45) is 5.92 Å². The van der Waals surface area contributed by atoms with E-state index in [-0.39, 0.29) is 0 Å². The third-order valence-electron chi connectivity index (χ3n) is 4.21. The van der Waals surface area contributed by atoms with Crippen LogP contribution < -0.4 is 5.32 Å². The van der Waals surface area contributed by atoms with Crippen LogP contribution in [-0.4, -0.2) is 24.5 Å². The largest absolute Gasteiger partial charge is 0.313 e. The van der Waals surface area contributed by atoms with Gasteiger partial charge in [0.15, 0.2) is 0 Å². The summed E-state index contributed by atoms with van der Waals surface area (Å²) in [6, 6.07) is 6.77. The fourth-order valence-electron chi connectivity index (χ4n) is 2.56. The molecule has 0 spiro atoms. The Morgan fingerprint density at radius 2 is 1.86 bits per heavy atom. The maximum absolute atomic E-state index is 3.74. The molecule has 2 nitrogen and oxygen atoms in total. The Hall–Kier alpha value is -0.380. The lowest BCUT2D eigenvalue weighted by Gasteiger charge is -2.25. The summed E-state index contributed by atoms with van der Waals surface area (Å²) < 4.78 is 1.24. The highest BCUT2D eigenvalue weighted by Crippen LogP contribution is 2.21. The van der Waals surface area contributed by atoms with E-state index < -0.39 is 0 Å². The van der Waals surface area contributed by atoms with Crippen molar-refractivity contribution in [1.29, 1.82) is 0 Å². The zero-order chi connectivity index (χ0) is 15.7. The van der Waals surface area contributed by atoms with Crippen LogP contribution in [0.4, 0.5) is 0 Å². The molecule has 0 aliphatic carbocycles. The molecule has 21 heavy (non-hydrogen) atoms. The van der Waals surface area contributed by atoms with Gasteiger partial charge in [-0.2, -0.15) is 0 Å². The van der Waals surface area contributed by atoms with E-state index in [1.165, 1.54) is 35.0 Å². The molecule has 1 N–H and O–H groups in total. The Morgan fingerprint density at radius 3 is 2.38 bits per heavy atom. The molecule has 0 aromatic heterocycles. The molecule has 120 valence electrons. The summed E-state index contributed by atoms with van der Waals surface area (Å²) in [5, 5.41) is 3.37. The second-order valence-corrected chi connectivity index (χ2v) is 6.57. The van der Waals surface area contributed by atoms with E-state index in [0.29, 0.717) is 0 Å². The summed E-state index contributed by atoms with van der Waals surface area (Å²) >= 11 is 3.74. The van der Waals surface area contributed by atoms with E-state index in [2.05, 4.69) is 72.0 Å². The highest BCUT2D eigenvalue weighted by Gasteiger charge is 2.12. The van der Waals surface area contributed by atoms with Gasteiger partial charge >= 0.3 is 0 Å². The molecule has 3 heteroatoms. The minimum absolute atomic E-state index is 0.816. The van der Waals surface area contributed by atoms with Gasteiger partial charge in [-0.1, -0.05) is 68.6 Å². The van der Waals surface area contributed by atoms with Crippen molar-refractivity contribution in [2.75, 3.05) is 19.6 Å². The zero-order valence-electron chi connectivity index (χ0n) is 14.1. The van der Waals surface area contributed by atoms with Crippen LogP contribution in [0.5, 0.6) is 0 Å². The van der Waals surface area contributed by atoms with Crippen molar-refractivity contribution in [1.82, 2.24) is 10.2 Å². The lowest BCUT2D eigenvalue weighted by molar-refractivity contribution is 0.226. The number of hydrogen-bond donors (Lipinski definition) is 1. The van der Waals surface area contributed by atoms with Gasteiger partial charge in [-0.3, -0.25) is 4.90 Å². The Bertz CT molecular complexity index is 402. The van der Waals surface area contributed by atoms with E-state index in [4.69, 9.17) is 0 Å². The summed E-state index contributed by atoms with van der Waals surface area (Å²) in [7, 11) is 0. The topological polar surface area (TPSA) is 15.3 Å². The normalized spacial score (nSPS) is 11.6. The molecule has 0 aliphatic rings. The SMILES string of the molecule is CCNCc1ccc(CN(CC)CC(CC)CC)c(Br)c1. The quantitative estimate of drug-likeness (QED) is 0.648. The first-order valence-corrected chi connectivity index (χ1v) is 9.14. The van der Waals surface area contributed by atoms with Crippen LogP contribution in [0.1, 0.15) is 51.7 Å². The molecule has 0 bridgehead atoms. The van der Waals surface area contributed by atoms with Gasteiger partial charge in [0.05, 0.1) is 0 Å². The van der Waals surface area contributed by atoms with Gasteiger partial charge in [0.1, 0.15) is 0 Å². The molecule has 0 fully saturated rings. The number of rotatable bonds is 10. The number of hydrogen-bond acceptors (Lipinski definition) is 2. The molecular formula is C18H31BrN2. The third kappa shape index (κ3) is 6.50. The second kappa shape index (κ2) is 10.4. The summed E-state index contributed by atoms with van der Waals surface area (Å²) in [4.78, 5) is 2.56. The summed E-state index contributed by atoms with van der Waals surface area (Å²) in [5.41, 5.74) is 2.73. The highest BCUT2D eigenvalue weighted by atomic mass is 79.9. The molecule has 0 saturated carbocycles. The molecule has 1 aromatic rings. The Morgan fingerprint density at radius 1 is 1.14 bits per heavy atom. The first kappa shape index (κ1) is 18.7. The maximum Gasteiger partial charge on any atom is 0.0244 e. The molecule has 0 heterocycles. The van der Waals surface area contributed by atoms with E-state index in [9.17, 15) is 0 Å². The van der Waals surface area contributed by atoms with Crippen LogP contribution in [-0.2, 0) is 13.1 Å². The number of nitrogens with zero attached hydrogens (tertiary/aromatic N) is 1. The van der Waals surface area contributed by atoms with E-state index >= 15 is 0 Å². The maximum atomic E-state index is 3.74. The van der Waals surface area contributed by atoms with Crippen molar-refractivity contribution >= 4 is 15.9 Å². The lowest BCUT2D eigenvalue weighted by atomic mass is 10.0. The average molecular weight is 355 g/mol. The van der Waals surface area contributed by atoms with Crippen LogP contribution >= 0.6 is 15.9 Å². The minimum atomic E-state index is 0.816. The average Bonchev–Trinajstić information content (AvgIpc) is 2.51. The monoisotopic (exact) mass is 354 g/mol. The predicted octanol–water partition coefficient (Wildman–Crippen LogP) is 4.82. The summed E-state index contributed by atoms with van der Waals surface area (Å²) in [6.07, 6.45) is 2.55. The molecule has 0 atom stereocenters. The molecule has 0 amide bonds. The number of halogens is 1. The van der Waals surface area contributed by atoms with Crippen LogP contribution in [0, 0.1) is 5.92 Å². The van der Waals surface area contributed by atoms with Gasteiger partial charge in [-0.05, 0) is 36.2 Å². The van der Waals surface area contributed by atoms with Crippen molar-refractivity contribution in [2.45, 2.75) is 53.6 Å². The van der Waals surface area contributed by atoms with E-state index in [1.807, 2.05) is 0 Å². The highest BCUT2D eigenvalue weighted by molar-refractivity contribution is 9.10. The predicted molar refractivity (Wildman–Crippen MR) is 96.5 cm³/mol. The molecule has 0 saturated heterocycles. The third-order valence-corrected chi connectivity index (χ3v) is 4.95. The first-order valence-electron chi connectivity index (χ1n) is 8.34. The Balaban J connectivity index is 2.67. The molecule has 1 rings (SSSR count). The van der Waals surface area contributed by atoms with Gasteiger partial charge in [-0.25, -0.2) is 0 Å². The summed E-state index contributed by atoms with van der Waals surface area (Å²) in [6.45, 7) is 14.3. The lowest BCUT2D eigenvalue weighted by Crippen LogP contribution is -2.28. The van der Waals surface area contributed by atoms with Crippen LogP contribution in [0.25, 0.3) is 0 Å². The fraction of sp³-hybridized carbons (Fsp3) is 0.667.